The van der Waals surface area contributed by atoms with Gasteiger partial charge < -0.3 is 10.0 Å². The molecular weight excluding hydrogens is 236 g/mol. The van der Waals surface area contributed by atoms with Crippen molar-refractivity contribution in [3.63, 3.8) is 0 Å². The van der Waals surface area contributed by atoms with Crippen LogP contribution >= 0.6 is 0 Å². The zero-order chi connectivity index (χ0) is 13.5. The summed E-state index contributed by atoms with van der Waals surface area (Å²) in [7, 11) is 0. The molecule has 0 radical (unpaired) electrons. The Hall–Kier alpha value is -1.95. The lowest BCUT2D eigenvalue weighted by molar-refractivity contribution is -0.385. The molecule has 0 saturated carbocycles. The molecule has 0 aliphatic heterocycles. The quantitative estimate of drug-likeness (QED) is 0.613. The summed E-state index contributed by atoms with van der Waals surface area (Å²) >= 11 is 0. The van der Waals surface area contributed by atoms with E-state index in [1.54, 1.807) is 13.0 Å². The van der Waals surface area contributed by atoms with Crippen LogP contribution in [-0.4, -0.2) is 40.5 Å². The number of hydrogen-bond acceptors (Lipinski definition) is 4. The van der Waals surface area contributed by atoms with Gasteiger partial charge in [-0.25, -0.2) is 0 Å². The fraction of sp³-hybridized carbons (Fsp3) is 0.417. The number of benzene rings is 1. The lowest BCUT2D eigenvalue weighted by atomic mass is 10.1. The number of para-hydroxylation sites is 1. The number of hydrogen-bond donors (Lipinski definition) is 1. The average molecular weight is 252 g/mol. The van der Waals surface area contributed by atoms with Gasteiger partial charge in [-0.05, 0) is 19.4 Å². The first-order valence-corrected chi connectivity index (χ1v) is 5.75. The van der Waals surface area contributed by atoms with Gasteiger partial charge in [0, 0.05) is 25.8 Å². The van der Waals surface area contributed by atoms with Crippen LogP contribution in [0.25, 0.3) is 0 Å². The fourth-order valence-electron chi connectivity index (χ4n) is 1.65. The van der Waals surface area contributed by atoms with Gasteiger partial charge in [-0.3, -0.25) is 14.9 Å². The first-order chi connectivity index (χ1) is 8.61. The van der Waals surface area contributed by atoms with Gasteiger partial charge in [0.25, 0.3) is 11.6 Å². The van der Waals surface area contributed by atoms with Gasteiger partial charge in [0.1, 0.15) is 5.56 Å². The molecule has 0 fully saturated rings. The minimum atomic E-state index is -0.562. The highest BCUT2D eigenvalue weighted by atomic mass is 16.6. The van der Waals surface area contributed by atoms with Crippen LogP contribution in [0.2, 0.25) is 0 Å². The molecule has 98 valence electrons. The van der Waals surface area contributed by atoms with Gasteiger partial charge in [0.2, 0.25) is 0 Å². The molecule has 0 atom stereocenters. The van der Waals surface area contributed by atoms with Crippen LogP contribution in [0.4, 0.5) is 5.69 Å². The van der Waals surface area contributed by atoms with Crippen molar-refractivity contribution in [3.8, 4) is 0 Å². The Labute approximate surface area is 105 Å². The number of rotatable bonds is 6. The smallest absolute Gasteiger partial charge is 0.282 e. The first kappa shape index (κ1) is 14.1. The lowest BCUT2D eigenvalue weighted by Crippen LogP contribution is -2.32. The average Bonchev–Trinajstić information content (AvgIpc) is 2.39. The molecule has 0 spiro atoms. The van der Waals surface area contributed by atoms with E-state index in [9.17, 15) is 14.9 Å². The number of carbonyl (C=O) groups excluding carboxylic acids is 1. The number of aliphatic hydroxyl groups is 1. The van der Waals surface area contributed by atoms with E-state index < -0.39 is 4.92 Å². The summed E-state index contributed by atoms with van der Waals surface area (Å²) in [6, 6.07) is 5.88. The molecule has 1 N–H and O–H groups in total. The molecule has 0 aliphatic carbocycles. The third-order valence-corrected chi connectivity index (χ3v) is 2.59. The standard InChI is InChI=1S/C12H16N2O4/c1-2-13(8-5-9-15)12(16)10-6-3-4-7-11(10)14(17)18/h3-4,6-7,15H,2,5,8-9H2,1H3. The number of nitro benzene ring substituents is 1. The molecule has 0 unspecified atom stereocenters. The minimum absolute atomic E-state index is 0.0132. The highest BCUT2D eigenvalue weighted by Crippen LogP contribution is 2.19. The van der Waals surface area contributed by atoms with Gasteiger partial charge in [0.05, 0.1) is 4.92 Å². The summed E-state index contributed by atoms with van der Waals surface area (Å²) in [6.45, 7) is 2.62. The second-order valence-corrected chi connectivity index (χ2v) is 3.74. The molecule has 18 heavy (non-hydrogen) atoms. The normalized spacial score (nSPS) is 10.1. The van der Waals surface area contributed by atoms with Crippen LogP contribution in [-0.2, 0) is 0 Å². The lowest BCUT2D eigenvalue weighted by Gasteiger charge is -2.20. The second-order valence-electron chi connectivity index (χ2n) is 3.74. The maximum Gasteiger partial charge on any atom is 0.282 e. The van der Waals surface area contributed by atoms with Gasteiger partial charge in [-0.1, -0.05) is 12.1 Å². The van der Waals surface area contributed by atoms with Crippen LogP contribution in [0.15, 0.2) is 24.3 Å². The van der Waals surface area contributed by atoms with Crippen molar-refractivity contribution in [1.82, 2.24) is 4.90 Å². The Morgan fingerprint density at radius 1 is 1.44 bits per heavy atom. The molecule has 1 amide bonds. The van der Waals surface area contributed by atoms with Gasteiger partial charge in [0.15, 0.2) is 0 Å². The summed E-state index contributed by atoms with van der Waals surface area (Å²) in [5.41, 5.74) is -0.104. The number of nitro groups is 1. The Morgan fingerprint density at radius 3 is 2.67 bits per heavy atom. The molecule has 6 nitrogen and oxygen atoms in total. The topological polar surface area (TPSA) is 83.7 Å². The number of nitrogens with zero attached hydrogens (tertiary/aromatic N) is 2. The van der Waals surface area contributed by atoms with Crippen molar-refractivity contribution in [1.29, 1.82) is 0 Å². The minimum Gasteiger partial charge on any atom is -0.396 e. The third-order valence-electron chi connectivity index (χ3n) is 2.59. The Kier molecular flexibility index (Phi) is 5.26. The van der Waals surface area contributed by atoms with E-state index in [0.29, 0.717) is 19.5 Å². The predicted molar refractivity (Wildman–Crippen MR) is 66.4 cm³/mol. The Balaban J connectivity index is 2.98. The maximum absolute atomic E-state index is 12.1. The van der Waals surface area contributed by atoms with Gasteiger partial charge in [-0.15, -0.1) is 0 Å². The largest absolute Gasteiger partial charge is 0.396 e. The molecule has 1 aromatic rings. The van der Waals surface area contributed by atoms with E-state index in [1.165, 1.54) is 23.1 Å². The Morgan fingerprint density at radius 2 is 2.11 bits per heavy atom. The van der Waals surface area contributed by atoms with Crippen LogP contribution in [0.1, 0.15) is 23.7 Å². The van der Waals surface area contributed by atoms with E-state index in [4.69, 9.17) is 5.11 Å². The van der Waals surface area contributed by atoms with Crippen molar-refractivity contribution >= 4 is 11.6 Å². The van der Waals surface area contributed by atoms with Crippen molar-refractivity contribution in [2.45, 2.75) is 13.3 Å². The summed E-state index contributed by atoms with van der Waals surface area (Å²) in [5, 5.41) is 19.6. The molecular formula is C12H16N2O4. The number of carbonyl (C=O) groups is 1. The first-order valence-electron chi connectivity index (χ1n) is 5.75. The molecule has 6 heteroatoms. The number of amides is 1. The molecule has 0 saturated heterocycles. The number of aliphatic hydroxyl groups excluding tert-OH is 1. The zero-order valence-electron chi connectivity index (χ0n) is 10.2. The molecule has 0 bridgehead atoms. The van der Waals surface area contributed by atoms with Gasteiger partial charge >= 0.3 is 0 Å². The van der Waals surface area contributed by atoms with Crippen molar-refractivity contribution in [3.05, 3.63) is 39.9 Å². The third kappa shape index (κ3) is 3.27. The SMILES string of the molecule is CCN(CCCO)C(=O)c1ccccc1[N+](=O)[O-]. The van der Waals surface area contributed by atoms with Crippen LogP contribution < -0.4 is 0 Å². The maximum atomic E-state index is 12.1. The summed E-state index contributed by atoms with van der Waals surface area (Å²) < 4.78 is 0. The summed E-state index contributed by atoms with van der Waals surface area (Å²) in [5.74, 6) is -0.377. The van der Waals surface area contributed by atoms with Gasteiger partial charge in [-0.2, -0.15) is 0 Å². The van der Waals surface area contributed by atoms with E-state index in [1.807, 2.05) is 0 Å². The van der Waals surface area contributed by atoms with E-state index in [0.717, 1.165) is 0 Å². The Bertz CT molecular complexity index is 434. The molecule has 0 heterocycles. The van der Waals surface area contributed by atoms with Crippen molar-refractivity contribution in [2.75, 3.05) is 19.7 Å². The monoisotopic (exact) mass is 252 g/mol. The van der Waals surface area contributed by atoms with E-state index >= 15 is 0 Å². The highest BCUT2D eigenvalue weighted by Gasteiger charge is 2.22. The molecule has 1 aromatic carbocycles. The van der Waals surface area contributed by atoms with E-state index in [2.05, 4.69) is 0 Å². The fourth-order valence-corrected chi connectivity index (χ4v) is 1.65. The predicted octanol–water partition coefficient (Wildman–Crippen LogP) is 1.44. The molecule has 0 aromatic heterocycles. The summed E-state index contributed by atoms with van der Waals surface area (Å²) in [4.78, 5) is 23.9. The summed E-state index contributed by atoms with van der Waals surface area (Å²) in [6.07, 6.45) is 0.459. The molecule has 1 rings (SSSR count). The van der Waals surface area contributed by atoms with Crippen LogP contribution in [0.5, 0.6) is 0 Å². The van der Waals surface area contributed by atoms with Crippen molar-refractivity contribution in [2.24, 2.45) is 0 Å². The van der Waals surface area contributed by atoms with Crippen molar-refractivity contribution < 1.29 is 14.8 Å². The van der Waals surface area contributed by atoms with E-state index in [-0.39, 0.29) is 23.8 Å². The van der Waals surface area contributed by atoms with Crippen LogP contribution in [0.3, 0.4) is 0 Å². The highest BCUT2D eigenvalue weighted by molar-refractivity contribution is 5.98. The molecule has 0 aliphatic rings. The zero-order valence-corrected chi connectivity index (χ0v) is 10.2. The second kappa shape index (κ2) is 6.70. The van der Waals surface area contributed by atoms with Crippen LogP contribution in [0, 0.1) is 10.1 Å².